The van der Waals surface area contributed by atoms with Gasteiger partial charge in [0.2, 0.25) is 0 Å². The summed E-state index contributed by atoms with van der Waals surface area (Å²) < 4.78 is 13.1. The Bertz CT molecular complexity index is 432. The van der Waals surface area contributed by atoms with Crippen molar-refractivity contribution < 1.29 is 9.18 Å². The van der Waals surface area contributed by atoms with Crippen LogP contribution in [0.1, 0.15) is 12.5 Å². The number of halogens is 3. The Labute approximate surface area is 108 Å². The van der Waals surface area contributed by atoms with Gasteiger partial charge in [0.25, 0.3) is 0 Å². The molecule has 0 aliphatic rings. The van der Waals surface area contributed by atoms with E-state index in [4.69, 9.17) is 23.2 Å². The Hall–Kier alpha value is -0.510. The molecule has 0 atom stereocenters. The number of carbonyl (C=O) groups is 1. The molecule has 1 nitrogen and oxygen atoms in total. The van der Waals surface area contributed by atoms with Gasteiger partial charge in [-0.2, -0.15) is 0 Å². The molecule has 16 heavy (non-hydrogen) atoms. The molecule has 0 saturated heterocycles. The summed E-state index contributed by atoms with van der Waals surface area (Å²) in [5, 5.41) is 0.425. The summed E-state index contributed by atoms with van der Waals surface area (Å²) in [7, 11) is 0. The molecule has 0 spiro atoms. The van der Waals surface area contributed by atoms with E-state index in [0.29, 0.717) is 16.3 Å². The van der Waals surface area contributed by atoms with Crippen LogP contribution in [-0.4, -0.2) is 10.9 Å². The standard InChI is InChI=1S/C11H9Cl2FOS/c1-7(15)16-4-2-3-8-5-11(14)10(13)6-9(8)12/h2-3,5-6H,4H2,1H3. The Morgan fingerprint density at radius 1 is 1.44 bits per heavy atom. The summed E-state index contributed by atoms with van der Waals surface area (Å²) in [6.07, 6.45) is 3.41. The fourth-order valence-corrected chi connectivity index (χ4v) is 1.88. The van der Waals surface area contributed by atoms with Crippen molar-refractivity contribution in [2.75, 3.05) is 5.75 Å². The third-order valence-electron chi connectivity index (χ3n) is 1.72. The SMILES string of the molecule is CC(=O)SCC=Cc1cc(F)c(Cl)cc1Cl. The maximum absolute atomic E-state index is 13.1. The molecule has 0 fully saturated rings. The largest absolute Gasteiger partial charge is 0.288 e. The van der Waals surface area contributed by atoms with Gasteiger partial charge in [-0.15, -0.1) is 0 Å². The van der Waals surface area contributed by atoms with E-state index in [-0.39, 0.29) is 10.1 Å². The number of hydrogen-bond acceptors (Lipinski definition) is 2. The molecule has 0 saturated carbocycles. The lowest BCUT2D eigenvalue weighted by molar-refractivity contribution is -0.109. The second-order valence-corrected chi connectivity index (χ2v) is 5.00. The lowest BCUT2D eigenvalue weighted by atomic mass is 10.2. The Morgan fingerprint density at radius 3 is 2.75 bits per heavy atom. The van der Waals surface area contributed by atoms with Crippen molar-refractivity contribution in [1.29, 1.82) is 0 Å². The van der Waals surface area contributed by atoms with Gasteiger partial charge in [0, 0.05) is 17.7 Å². The average molecular weight is 279 g/mol. The fraction of sp³-hybridized carbons (Fsp3) is 0.182. The summed E-state index contributed by atoms with van der Waals surface area (Å²) in [5.74, 6) is 0.0283. The van der Waals surface area contributed by atoms with Crippen molar-refractivity contribution >= 4 is 46.2 Å². The lowest BCUT2D eigenvalue weighted by Crippen LogP contribution is -1.84. The van der Waals surface area contributed by atoms with E-state index >= 15 is 0 Å². The highest BCUT2D eigenvalue weighted by molar-refractivity contribution is 8.13. The molecule has 1 aromatic carbocycles. The molecule has 0 N–H and O–H groups in total. The van der Waals surface area contributed by atoms with Crippen LogP contribution in [-0.2, 0) is 4.79 Å². The molecule has 5 heteroatoms. The van der Waals surface area contributed by atoms with Gasteiger partial charge in [0.15, 0.2) is 5.12 Å². The molecule has 0 aromatic heterocycles. The summed E-state index contributed by atoms with van der Waals surface area (Å²) in [6.45, 7) is 1.49. The van der Waals surface area contributed by atoms with E-state index in [1.54, 1.807) is 12.2 Å². The Kier molecular flexibility index (Phi) is 5.32. The summed E-state index contributed by atoms with van der Waals surface area (Å²) in [5.41, 5.74) is 0.549. The van der Waals surface area contributed by atoms with Crippen LogP contribution in [0.3, 0.4) is 0 Å². The second-order valence-electron chi connectivity index (χ2n) is 2.99. The minimum Gasteiger partial charge on any atom is -0.288 e. The van der Waals surface area contributed by atoms with E-state index in [1.807, 2.05) is 0 Å². The third kappa shape index (κ3) is 4.16. The van der Waals surface area contributed by atoms with Gasteiger partial charge in [-0.25, -0.2) is 4.39 Å². The minimum atomic E-state index is -0.509. The zero-order valence-corrected chi connectivity index (χ0v) is 10.8. The zero-order chi connectivity index (χ0) is 12.1. The fourth-order valence-electron chi connectivity index (χ4n) is 1.01. The Balaban J connectivity index is 2.73. The van der Waals surface area contributed by atoms with E-state index in [0.717, 1.165) is 0 Å². The number of benzene rings is 1. The van der Waals surface area contributed by atoms with Crippen LogP contribution in [0, 0.1) is 5.82 Å². The molecule has 0 bridgehead atoms. The zero-order valence-electron chi connectivity index (χ0n) is 8.47. The van der Waals surface area contributed by atoms with Crippen LogP contribution in [0.25, 0.3) is 6.08 Å². The molecular weight excluding hydrogens is 270 g/mol. The molecule has 1 rings (SSSR count). The molecule has 0 heterocycles. The number of thioether (sulfide) groups is 1. The van der Waals surface area contributed by atoms with Gasteiger partial charge >= 0.3 is 0 Å². The average Bonchev–Trinajstić information content (AvgIpc) is 2.19. The van der Waals surface area contributed by atoms with Crippen LogP contribution >= 0.6 is 35.0 Å². The molecule has 0 amide bonds. The quantitative estimate of drug-likeness (QED) is 0.761. The van der Waals surface area contributed by atoms with Crippen LogP contribution in [0.2, 0.25) is 10.0 Å². The van der Waals surface area contributed by atoms with E-state index in [1.165, 1.54) is 30.8 Å². The van der Waals surface area contributed by atoms with E-state index < -0.39 is 5.82 Å². The first-order chi connectivity index (χ1) is 7.50. The van der Waals surface area contributed by atoms with Crippen molar-refractivity contribution in [2.45, 2.75) is 6.92 Å². The molecule has 0 unspecified atom stereocenters. The lowest BCUT2D eigenvalue weighted by Gasteiger charge is -2.00. The van der Waals surface area contributed by atoms with Crippen molar-refractivity contribution in [3.05, 3.63) is 39.6 Å². The second kappa shape index (κ2) is 6.28. The first-order valence-corrected chi connectivity index (χ1v) is 6.19. The van der Waals surface area contributed by atoms with Gasteiger partial charge in [0.1, 0.15) is 5.82 Å². The molecule has 0 radical (unpaired) electrons. The van der Waals surface area contributed by atoms with Gasteiger partial charge < -0.3 is 0 Å². The predicted octanol–water partition coefficient (Wildman–Crippen LogP) is 4.43. The molecule has 86 valence electrons. The summed E-state index contributed by atoms with van der Waals surface area (Å²) >= 11 is 12.6. The maximum Gasteiger partial charge on any atom is 0.186 e. The van der Waals surface area contributed by atoms with Crippen molar-refractivity contribution in [3.8, 4) is 0 Å². The predicted molar refractivity (Wildman–Crippen MR) is 68.6 cm³/mol. The number of rotatable bonds is 3. The Morgan fingerprint density at radius 2 is 2.12 bits per heavy atom. The van der Waals surface area contributed by atoms with Gasteiger partial charge in [-0.05, 0) is 17.7 Å². The third-order valence-corrected chi connectivity index (χ3v) is 3.10. The summed E-state index contributed by atoms with van der Waals surface area (Å²) in [6, 6.07) is 2.62. The van der Waals surface area contributed by atoms with Gasteiger partial charge in [0.05, 0.1) is 5.02 Å². The molecular formula is C11H9Cl2FOS. The molecule has 1 aromatic rings. The van der Waals surface area contributed by atoms with Crippen LogP contribution in [0.5, 0.6) is 0 Å². The number of carbonyl (C=O) groups excluding carboxylic acids is 1. The number of hydrogen-bond donors (Lipinski definition) is 0. The highest BCUT2D eigenvalue weighted by atomic mass is 35.5. The van der Waals surface area contributed by atoms with Crippen molar-refractivity contribution in [2.24, 2.45) is 0 Å². The first-order valence-electron chi connectivity index (χ1n) is 4.45. The summed E-state index contributed by atoms with van der Waals surface area (Å²) in [4.78, 5) is 10.6. The van der Waals surface area contributed by atoms with Gasteiger partial charge in [-0.3, -0.25) is 4.79 Å². The van der Waals surface area contributed by atoms with Crippen LogP contribution in [0.15, 0.2) is 18.2 Å². The molecule has 0 aliphatic heterocycles. The topological polar surface area (TPSA) is 17.1 Å². The smallest absolute Gasteiger partial charge is 0.186 e. The minimum absolute atomic E-state index is 0.000242. The maximum atomic E-state index is 13.1. The highest BCUT2D eigenvalue weighted by Gasteiger charge is 2.04. The normalized spacial score (nSPS) is 11.0. The van der Waals surface area contributed by atoms with Crippen LogP contribution < -0.4 is 0 Å². The van der Waals surface area contributed by atoms with Crippen molar-refractivity contribution in [1.82, 2.24) is 0 Å². The van der Waals surface area contributed by atoms with Gasteiger partial charge in [-0.1, -0.05) is 47.1 Å². The van der Waals surface area contributed by atoms with Crippen molar-refractivity contribution in [3.63, 3.8) is 0 Å². The highest BCUT2D eigenvalue weighted by Crippen LogP contribution is 2.25. The first kappa shape index (κ1) is 13.6. The monoisotopic (exact) mass is 278 g/mol. The molecule has 0 aliphatic carbocycles. The van der Waals surface area contributed by atoms with E-state index in [9.17, 15) is 9.18 Å². The van der Waals surface area contributed by atoms with E-state index in [2.05, 4.69) is 0 Å². The van der Waals surface area contributed by atoms with Crippen LogP contribution in [0.4, 0.5) is 4.39 Å².